The van der Waals surface area contributed by atoms with Crippen molar-refractivity contribution in [3.05, 3.63) is 47.7 Å². The van der Waals surface area contributed by atoms with Crippen LogP contribution >= 0.6 is 0 Å². The Morgan fingerprint density at radius 2 is 2.16 bits per heavy atom. The zero-order chi connectivity index (χ0) is 13.4. The summed E-state index contributed by atoms with van der Waals surface area (Å²) in [4.78, 5) is 23.5. The van der Waals surface area contributed by atoms with E-state index in [4.69, 9.17) is 4.42 Å². The van der Waals surface area contributed by atoms with Crippen molar-refractivity contribution in [2.24, 2.45) is 0 Å². The normalized spacial score (nSPS) is 18.0. The molecule has 2 aromatic heterocycles. The molecule has 3 heterocycles. The first-order chi connectivity index (χ1) is 9.18. The van der Waals surface area contributed by atoms with E-state index >= 15 is 0 Å². The summed E-state index contributed by atoms with van der Waals surface area (Å²) in [5.74, 6) is -1.29. The standard InChI is InChI=1S/C14H13NO4/c16-13(12-4-2-8-19-12)11-6-5-10-9(14(17)18)3-1-7-15(10)11/h2,4-6,8-9H,1,3,7H2,(H,17,18). The van der Waals surface area contributed by atoms with E-state index < -0.39 is 11.9 Å². The van der Waals surface area contributed by atoms with Gasteiger partial charge in [0.25, 0.3) is 0 Å². The first-order valence-corrected chi connectivity index (χ1v) is 6.19. The molecule has 19 heavy (non-hydrogen) atoms. The van der Waals surface area contributed by atoms with E-state index in [1.165, 1.54) is 6.26 Å². The SMILES string of the molecule is O=C(c1ccco1)c1ccc2n1CCCC2C(=O)O. The van der Waals surface area contributed by atoms with Crippen LogP contribution in [0.4, 0.5) is 0 Å². The quantitative estimate of drug-likeness (QED) is 0.858. The minimum atomic E-state index is -0.837. The molecule has 0 aliphatic carbocycles. The molecule has 2 aromatic rings. The molecule has 0 aromatic carbocycles. The summed E-state index contributed by atoms with van der Waals surface area (Å²) in [6, 6.07) is 6.68. The van der Waals surface area contributed by atoms with Crippen molar-refractivity contribution in [1.82, 2.24) is 4.57 Å². The Morgan fingerprint density at radius 3 is 2.84 bits per heavy atom. The number of carbonyl (C=O) groups excluding carboxylic acids is 1. The molecule has 5 heteroatoms. The number of carboxylic acids is 1. The Hall–Kier alpha value is -2.30. The smallest absolute Gasteiger partial charge is 0.312 e. The molecule has 0 saturated heterocycles. The summed E-state index contributed by atoms with van der Waals surface area (Å²) in [5, 5.41) is 9.20. The predicted octanol–water partition coefficient (Wildman–Crippen LogP) is 2.27. The van der Waals surface area contributed by atoms with Crippen molar-refractivity contribution in [1.29, 1.82) is 0 Å². The van der Waals surface area contributed by atoms with Gasteiger partial charge in [-0.1, -0.05) is 0 Å². The summed E-state index contributed by atoms with van der Waals surface area (Å²) in [5.41, 5.74) is 1.20. The van der Waals surface area contributed by atoms with Crippen molar-refractivity contribution in [2.75, 3.05) is 0 Å². The maximum Gasteiger partial charge on any atom is 0.312 e. The van der Waals surface area contributed by atoms with Crippen molar-refractivity contribution < 1.29 is 19.1 Å². The van der Waals surface area contributed by atoms with Crippen LogP contribution in [0.5, 0.6) is 0 Å². The highest BCUT2D eigenvalue weighted by atomic mass is 16.4. The third-order valence-electron chi connectivity index (χ3n) is 3.52. The Morgan fingerprint density at radius 1 is 1.32 bits per heavy atom. The number of furan rings is 1. The monoisotopic (exact) mass is 259 g/mol. The van der Waals surface area contributed by atoms with Gasteiger partial charge < -0.3 is 14.1 Å². The number of rotatable bonds is 3. The zero-order valence-electron chi connectivity index (χ0n) is 10.2. The second-order valence-electron chi connectivity index (χ2n) is 4.63. The fourth-order valence-electron chi connectivity index (χ4n) is 2.62. The summed E-state index contributed by atoms with van der Waals surface area (Å²) >= 11 is 0. The van der Waals surface area contributed by atoms with E-state index in [0.717, 1.165) is 6.42 Å². The van der Waals surface area contributed by atoms with Gasteiger partial charge in [0.1, 0.15) is 0 Å². The lowest BCUT2D eigenvalue weighted by atomic mass is 9.96. The first-order valence-electron chi connectivity index (χ1n) is 6.19. The van der Waals surface area contributed by atoms with E-state index in [1.807, 2.05) is 0 Å². The number of hydrogen-bond acceptors (Lipinski definition) is 3. The van der Waals surface area contributed by atoms with Gasteiger partial charge in [-0.15, -0.1) is 0 Å². The molecule has 5 nitrogen and oxygen atoms in total. The molecule has 0 radical (unpaired) electrons. The Balaban J connectivity index is 2.02. The van der Waals surface area contributed by atoms with Crippen LogP contribution < -0.4 is 0 Å². The summed E-state index contributed by atoms with van der Waals surface area (Å²) in [6.07, 6.45) is 2.83. The van der Waals surface area contributed by atoms with Crippen LogP contribution in [0.2, 0.25) is 0 Å². The maximum absolute atomic E-state index is 12.3. The lowest BCUT2D eigenvalue weighted by Crippen LogP contribution is -2.23. The highest BCUT2D eigenvalue weighted by Gasteiger charge is 2.29. The fraction of sp³-hybridized carbons (Fsp3) is 0.286. The number of aliphatic carboxylic acids is 1. The molecule has 1 N–H and O–H groups in total. The number of nitrogens with zero attached hydrogens (tertiary/aromatic N) is 1. The second kappa shape index (κ2) is 4.42. The van der Waals surface area contributed by atoms with Crippen LogP contribution in [-0.2, 0) is 11.3 Å². The maximum atomic E-state index is 12.3. The third kappa shape index (κ3) is 1.87. The lowest BCUT2D eigenvalue weighted by molar-refractivity contribution is -0.139. The molecule has 98 valence electrons. The van der Waals surface area contributed by atoms with Gasteiger partial charge in [-0.3, -0.25) is 9.59 Å². The molecule has 1 aliphatic heterocycles. The van der Waals surface area contributed by atoms with E-state index in [1.54, 1.807) is 28.8 Å². The van der Waals surface area contributed by atoms with Crippen molar-refractivity contribution in [3.63, 3.8) is 0 Å². The minimum absolute atomic E-state index is 0.206. The molecule has 1 unspecified atom stereocenters. The molecular weight excluding hydrogens is 246 g/mol. The molecule has 0 fully saturated rings. The average molecular weight is 259 g/mol. The van der Waals surface area contributed by atoms with Crippen LogP contribution in [0, 0.1) is 0 Å². The number of ketones is 1. The van der Waals surface area contributed by atoms with Crippen LogP contribution in [0.1, 0.15) is 40.7 Å². The zero-order valence-corrected chi connectivity index (χ0v) is 10.2. The van der Waals surface area contributed by atoms with Gasteiger partial charge in [-0.05, 0) is 37.1 Å². The van der Waals surface area contributed by atoms with Gasteiger partial charge in [0.2, 0.25) is 5.78 Å². The molecule has 1 atom stereocenters. The number of hydrogen-bond donors (Lipinski definition) is 1. The van der Waals surface area contributed by atoms with Crippen molar-refractivity contribution in [2.45, 2.75) is 25.3 Å². The van der Waals surface area contributed by atoms with E-state index in [9.17, 15) is 14.7 Å². The van der Waals surface area contributed by atoms with E-state index in [-0.39, 0.29) is 11.5 Å². The number of carboxylic acid groups (broad SMARTS) is 1. The molecule has 0 amide bonds. The molecular formula is C14H13NO4. The van der Waals surface area contributed by atoms with E-state index in [2.05, 4.69) is 0 Å². The number of fused-ring (bicyclic) bond motifs is 1. The van der Waals surface area contributed by atoms with Gasteiger partial charge >= 0.3 is 5.97 Å². The van der Waals surface area contributed by atoms with Crippen LogP contribution in [0.3, 0.4) is 0 Å². The molecule has 0 bridgehead atoms. The highest BCUT2D eigenvalue weighted by molar-refractivity contribution is 6.06. The summed E-state index contributed by atoms with van der Waals surface area (Å²) in [6.45, 7) is 0.674. The van der Waals surface area contributed by atoms with Gasteiger partial charge in [-0.25, -0.2) is 0 Å². The highest BCUT2D eigenvalue weighted by Crippen LogP contribution is 2.30. The Bertz CT molecular complexity index is 624. The van der Waals surface area contributed by atoms with Crippen LogP contribution in [0.15, 0.2) is 34.9 Å². The Labute approximate surface area is 109 Å². The first kappa shape index (κ1) is 11.8. The van der Waals surface area contributed by atoms with E-state index in [0.29, 0.717) is 24.4 Å². The number of carbonyl (C=O) groups is 2. The van der Waals surface area contributed by atoms with Gasteiger partial charge in [-0.2, -0.15) is 0 Å². The minimum Gasteiger partial charge on any atom is -0.481 e. The van der Waals surface area contributed by atoms with Crippen LogP contribution in [0.25, 0.3) is 0 Å². The largest absolute Gasteiger partial charge is 0.481 e. The van der Waals surface area contributed by atoms with Gasteiger partial charge in [0, 0.05) is 12.2 Å². The second-order valence-corrected chi connectivity index (χ2v) is 4.63. The Kier molecular flexibility index (Phi) is 2.74. The topological polar surface area (TPSA) is 72.4 Å². The van der Waals surface area contributed by atoms with Crippen LogP contribution in [-0.4, -0.2) is 21.4 Å². The third-order valence-corrected chi connectivity index (χ3v) is 3.52. The molecule has 0 spiro atoms. The fourth-order valence-corrected chi connectivity index (χ4v) is 2.62. The molecule has 0 saturated carbocycles. The summed E-state index contributed by atoms with van der Waals surface area (Å²) in [7, 11) is 0. The summed E-state index contributed by atoms with van der Waals surface area (Å²) < 4.78 is 6.90. The molecule has 1 aliphatic rings. The van der Waals surface area contributed by atoms with Gasteiger partial charge in [0.15, 0.2) is 5.76 Å². The van der Waals surface area contributed by atoms with Crippen molar-refractivity contribution in [3.8, 4) is 0 Å². The number of aromatic nitrogens is 1. The predicted molar refractivity (Wildman–Crippen MR) is 66.2 cm³/mol. The van der Waals surface area contributed by atoms with Gasteiger partial charge in [0.05, 0.1) is 17.9 Å². The van der Waals surface area contributed by atoms with Crippen molar-refractivity contribution >= 4 is 11.8 Å². The molecule has 3 rings (SSSR count). The average Bonchev–Trinajstić information content (AvgIpc) is 3.06. The lowest BCUT2D eigenvalue weighted by Gasteiger charge is -2.22.